The first-order valence-electron chi connectivity index (χ1n) is 14.6. The molecular formula is C32H40N4O2. The third-order valence-electron chi connectivity index (χ3n) is 8.98. The molecule has 2 aromatic carbocycles. The van der Waals surface area contributed by atoms with Gasteiger partial charge < -0.3 is 20.3 Å². The molecule has 2 saturated heterocycles. The predicted octanol–water partition coefficient (Wildman–Crippen LogP) is 6.13. The van der Waals surface area contributed by atoms with Crippen molar-refractivity contribution in [1.29, 1.82) is 0 Å². The van der Waals surface area contributed by atoms with Crippen molar-refractivity contribution in [2.75, 3.05) is 43.5 Å². The molecule has 0 radical (unpaired) electrons. The first-order valence-corrected chi connectivity index (χ1v) is 14.6. The second-order valence-electron chi connectivity index (χ2n) is 11.3. The van der Waals surface area contributed by atoms with Crippen molar-refractivity contribution in [1.82, 2.24) is 9.88 Å². The number of nitrogens with two attached hydrogens (primary N) is 1. The molecule has 1 aliphatic carbocycles. The van der Waals surface area contributed by atoms with Gasteiger partial charge in [-0.2, -0.15) is 0 Å². The number of morpholine rings is 1. The van der Waals surface area contributed by atoms with Gasteiger partial charge >= 0.3 is 0 Å². The molecule has 1 atom stereocenters. The number of rotatable bonds is 7. The highest BCUT2D eigenvalue weighted by molar-refractivity contribution is 5.91. The Bertz CT molecular complexity index is 1280. The van der Waals surface area contributed by atoms with Gasteiger partial charge in [-0.25, -0.2) is 4.98 Å². The number of likely N-dealkylation sites (tertiary alicyclic amines) is 1. The maximum Gasteiger partial charge on any atom is 0.210 e. The predicted molar refractivity (Wildman–Crippen MR) is 154 cm³/mol. The fraction of sp³-hybridized carbons (Fsp3) is 0.500. The normalized spacial score (nSPS) is 20.8. The molecule has 2 N–H and O–H groups in total. The van der Waals surface area contributed by atoms with Gasteiger partial charge in [-0.15, -0.1) is 0 Å². The van der Waals surface area contributed by atoms with E-state index in [4.69, 9.17) is 15.5 Å². The zero-order valence-electron chi connectivity index (χ0n) is 22.4. The van der Waals surface area contributed by atoms with E-state index in [9.17, 15) is 4.79 Å². The highest BCUT2D eigenvalue weighted by Gasteiger charge is 2.28. The minimum atomic E-state index is 0.140. The maximum absolute atomic E-state index is 11.9. The van der Waals surface area contributed by atoms with Crippen molar-refractivity contribution in [3.05, 3.63) is 53.6 Å². The van der Waals surface area contributed by atoms with E-state index in [1.807, 2.05) is 4.90 Å². The van der Waals surface area contributed by atoms with Crippen LogP contribution in [0.15, 0.2) is 42.5 Å². The lowest BCUT2D eigenvalue weighted by atomic mass is 9.82. The van der Waals surface area contributed by atoms with Crippen molar-refractivity contribution in [3.63, 3.8) is 0 Å². The molecule has 200 valence electrons. The smallest absolute Gasteiger partial charge is 0.210 e. The molecule has 3 heterocycles. The Morgan fingerprint density at radius 3 is 2.63 bits per heavy atom. The topological polar surface area (TPSA) is 71.7 Å². The average Bonchev–Trinajstić information content (AvgIpc) is 3.45. The van der Waals surface area contributed by atoms with Crippen molar-refractivity contribution < 1.29 is 9.53 Å². The van der Waals surface area contributed by atoms with E-state index in [-0.39, 0.29) is 6.04 Å². The average molecular weight is 513 g/mol. The molecular weight excluding hydrogens is 472 g/mol. The Balaban J connectivity index is 1.41. The molecule has 38 heavy (non-hydrogen) atoms. The highest BCUT2D eigenvalue weighted by atomic mass is 16.5. The highest BCUT2D eigenvalue weighted by Crippen LogP contribution is 2.41. The van der Waals surface area contributed by atoms with E-state index < -0.39 is 0 Å². The number of aryl methyl sites for hydroxylation is 1. The Morgan fingerprint density at radius 1 is 0.974 bits per heavy atom. The number of pyridine rings is 1. The summed E-state index contributed by atoms with van der Waals surface area (Å²) in [4.78, 5) is 21.0. The number of anilines is 2. The molecule has 6 nitrogen and oxygen atoms in total. The van der Waals surface area contributed by atoms with Gasteiger partial charge in [-0.1, -0.05) is 56.4 Å². The molecule has 1 amide bonds. The van der Waals surface area contributed by atoms with Crippen molar-refractivity contribution >= 4 is 28.8 Å². The minimum absolute atomic E-state index is 0.140. The molecule has 3 aromatic rings. The van der Waals surface area contributed by atoms with Gasteiger partial charge in [0.05, 0.1) is 30.5 Å². The van der Waals surface area contributed by atoms with Crippen LogP contribution in [0, 0.1) is 5.92 Å². The van der Waals surface area contributed by atoms with Crippen LogP contribution < -0.4 is 10.6 Å². The third-order valence-corrected chi connectivity index (χ3v) is 8.98. The van der Waals surface area contributed by atoms with Crippen LogP contribution in [0.5, 0.6) is 0 Å². The van der Waals surface area contributed by atoms with Crippen LogP contribution >= 0.6 is 0 Å². The number of ether oxygens (including phenoxy) is 1. The van der Waals surface area contributed by atoms with Gasteiger partial charge in [-0.05, 0) is 72.1 Å². The lowest BCUT2D eigenvalue weighted by Crippen LogP contribution is -2.36. The number of fused-ring (bicyclic) bond motifs is 1. The molecule has 2 aliphatic heterocycles. The summed E-state index contributed by atoms with van der Waals surface area (Å²) in [5.74, 6) is 1.41. The minimum Gasteiger partial charge on any atom is -0.382 e. The number of nitrogen functional groups attached to an aromatic ring is 1. The number of aromatic nitrogens is 1. The van der Waals surface area contributed by atoms with Crippen LogP contribution in [0.25, 0.3) is 22.0 Å². The molecule has 1 saturated carbocycles. The van der Waals surface area contributed by atoms with Crippen LogP contribution in [-0.2, 0) is 16.0 Å². The van der Waals surface area contributed by atoms with Gasteiger partial charge in [0.25, 0.3) is 0 Å². The number of carbonyl (C=O) groups excluding carboxylic acids is 1. The van der Waals surface area contributed by atoms with Crippen LogP contribution in [0.4, 0.5) is 11.5 Å². The Morgan fingerprint density at radius 2 is 1.82 bits per heavy atom. The van der Waals surface area contributed by atoms with Crippen LogP contribution in [0.3, 0.4) is 0 Å². The Kier molecular flexibility index (Phi) is 7.50. The van der Waals surface area contributed by atoms with Gasteiger partial charge in [0, 0.05) is 25.0 Å². The summed E-state index contributed by atoms with van der Waals surface area (Å²) in [6, 6.07) is 15.7. The first kappa shape index (κ1) is 25.2. The van der Waals surface area contributed by atoms with E-state index in [2.05, 4.69) is 47.4 Å². The van der Waals surface area contributed by atoms with Crippen LogP contribution in [0.1, 0.15) is 68.5 Å². The number of amides is 1. The first-order chi connectivity index (χ1) is 18.7. The third kappa shape index (κ3) is 5.11. The summed E-state index contributed by atoms with van der Waals surface area (Å²) in [7, 11) is 0. The molecule has 3 fully saturated rings. The lowest BCUT2D eigenvalue weighted by molar-refractivity contribution is -0.118. The monoisotopic (exact) mass is 512 g/mol. The maximum atomic E-state index is 11.9. The van der Waals surface area contributed by atoms with Crippen molar-refractivity contribution in [2.24, 2.45) is 5.92 Å². The van der Waals surface area contributed by atoms with Gasteiger partial charge in [-0.3, -0.25) is 4.79 Å². The van der Waals surface area contributed by atoms with E-state index in [1.54, 1.807) is 0 Å². The van der Waals surface area contributed by atoms with E-state index in [0.717, 1.165) is 67.8 Å². The summed E-state index contributed by atoms with van der Waals surface area (Å²) >= 11 is 0. The summed E-state index contributed by atoms with van der Waals surface area (Å²) < 4.78 is 5.55. The van der Waals surface area contributed by atoms with E-state index >= 15 is 0 Å². The number of carbonyl (C=O) groups is 1. The SMILES string of the molecule is Nc1nc2ccc(-c3c(CCC4CCCCC4)cccc3C3CCCN3C=O)cc2cc1N1CCOCC1. The number of nitrogens with zero attached hydrogens (tertiary/aromatic N) is 3. The van der Waals surface area contributed by atoms with Gasteiger partial charge in [0.1, 0.15) is 5.82 Å². The summed E-state index contributed by atoms with van der Waals surface area (Å²) in [5.41, 5.74) is 13.5. The fourth-order valence-corrected chi connectivity index (χ4v) is 6.94. The second kappa shape index (κ2) is 11.3. The summed E-state index contributed by atoms with van der Waals surface area (Å²) in [5, 5.41) is 1.10. The van der Waals surface area contributed by atoms with Crippen molar-refractivity contribution in [3.8, 4) is 11.1 Å². The molecule has 6 heteroatoms. The lowest BCUT2D eigenvalue weighted by Gasteiger charge is -2.29. The zero-order valence-corrected chi connectivity index (χ0v) is 22.4. The second-order valence-corrected chi connectivity index (χ2v) is 11.3. The Hall–Kier alpha value is -3.12. The number of hydrogen-bond donors (Lipinski definition) is 1. The molecule has 1 unspecified atom stereocenters. The standard InChI is InChI=1S/C32H40N4O2/c33-32-30(35-16-18-38-19-17-35)21-26-20-25(13-14-28(26)34-32)31-24(12-11-23-6-2-1-3-7-23)8-4-9-27(31)29-10-5-15-36(29)22-37/h4,8-9,13-14,20-23,29H,1-3,5-7,10-12,15-19H2,(H2,33,34). The fourth-order valence-electron chi connectivity index (χ4n) is 6.94. The van der Waals surface area contributed by atoms with Gasteiger partial charge in [0.15, 0.2) is 0 Å². The quantitative estimate of drug-likeness (QED) is 0.386. The Labute approximate surface area is 226 Å². The summed E-state index contributed by atoms with van der Waals surface area (Å²) in [6.07, 6.45) is 12.3. The van der Waals surface area contributed by atoms with Crippen LogP contribution in [0.2, 0.25) is 0 Å². The number of hydrogen-bond acceptors (Lipinski definition) is 5. The molecule has 3 aliphatic rings. The molecule has 1 aromatic heterocycles. The summed E-state index contributed by atoms with van der Waals surface area (Å²) in [6.45, 7) is 3.92. The molecule has 6 rings (SSSR count). The van der Waals surface area contributed by atoms with E-state index in [0.29, 0.717) is 19.0 Å². The van der Waals surface area contributed by atoms with E-state index in [1.165, 1.54) is 60.8 Å². The molecule has 0 spiro atoms. The molecule has 0 bridgehead atoms. The van der Waals surface area contributed by atoms with Crippen molar-refractivity contribution in [2.45, 2.75) is 63.8 Å². The largest absolute Gasteiger partial charge is 0.382 e. The number of benzene rings is 2. The zero-order chi connectivity index (χ0) is 25.9. The van der Waals surface area contributed by atoms with Gasteiger partial charge in [0.2, 0.25) is 6.41 Å². The van der Waals surface area contributed by atoms with Crippen LogP contribution in [-0.4, -0.2) is 49.1 Å².